The number of benzene rings is 1. The zero-order valence-electron chi connectivity index (χ0n) is 14.0. The average molecular weight is 411 g/mol. The van der Waals surface area contributed by atoms with Gasteiger partial charge in [0, 0.05) is 29.1 Å². The maximum atomic E-state index is 12.5. The van der Waals surface area contributed by atoms with Gasteiger partial charge in [0.05, 0.1) is 6.54 Å². The number of thiophene rings is 1. The standard InChI is InChI=1S/C18H19ClN2O3S2/c19-16-6-2-1-5-14(16)7-9-17(22)20-13-15-8-10-18(25-15)26(23,24)21-11-3-4-12-21/h1-2,5-10H,3-4,11-13H2,(H,20,22). The molecule has 0 saturated carbocycles. The molecule has 0 radical (unpaired) electrons. The van der Waals surface area contributed by atoms with E-state index in [0.717, 1.165) is 23.3 Å². The molecule has 2 heterocycles. The van der Waals surface area contributed by atoms with Crippen molar-refractivity contribution >= 4 is 44.9 Å². The molecular weight excluding hydrogens is 392 g/mol. The minimum Gasteiger partial charge on any atom is -0.348 e. The van der Waals surface area contributed by atoms with Gasteiger partial charge in [-0.25, -0.2) is 8.42 Å². The van der Waals surface area contributed by atoms with Gasteiger partial charge in [-0.2, -0.15) is 4.31 Å². The highest BCUT2D eigenvalue weighted by molar-refractivity contribution is 7.91. The van der Waals surface area contributed by atoms with E-state index in [1.165, 1.54) is 21.7 Å². The highest BCUT2D eigenvalue weighted by Crippen LogP contribution is 2.27. The normalized spacial score (nSPS) is 15.6. The molecule has 0 unspecified atom stereocenters. The Morgan fingerprint density at radius 3 is 2.65 bits per heavy atom. The molecule has 0 spiro atoms. The van der Waals surface area contributed by atoms with Crippen molar-refractivity contribution in [1.82, 2.24) is 9.62 Å². The molecule has 8 heteroatoms. The predicted molar refractivity (Wildman–Crippen MR) is 105 cm³/mol. The third-order valence-corrected chi connectivity index (χ3v) is 7.85. The van der Waals surface area contributed by atoms with E-state index in [-0.39, 0.29) is 12.5 Å². The topological polar surface area (TPSA) is 66.5 Å². The van der Waals surface area contributed by atoms with Gasteiger partial charge in [0.25, 0.3) is 10.0 Å². The Kier molecular flexibility index (Phi) is 6.13. The summed E-state index contributed by atoms with van der Waals surface area (Å²) in [5, 5.41) is 3.33. The summed E-state index contributed by atoms with van der Waals surface area (Å²) < 4.78 is 26.9. The van der Waals surface area contributed by atoms with Gasteiger partial charge in [0.2, 0.25) is 5.91 Å². The Bertz CT molecular complexity index is 916. The van der Waals surface area contributed by atoms with Gasteiger partial charge in [0.15, 0.2) is 0 Å². The van der Waals surface area contributed by atoms with E-state index in [2.05, 4.69) is 5.32 Å². The molecule has 5 nitrogen and oxygen atoms in total. The number of nitrogens with one attached hydrogen (secondary N) is 1. The number of carbonyl (C=O) groups is 1. The summed E-state index contributed by atoms with van der Waals surface area (Å²) in [5.74, 6) is -0.262. The van der Waals surface area contributed by atoms with Crippen LogP contribution >= 0.6 is 22.9 Å². The summed E-state index contributed by atoms with van der Waals surface area (Å²) in [7, 11) is -3.40. The van der Waals surface area contributed by atoms with Crippen LogP contribution in [-0.4, -0.2) is 31.7 Å². The van der Waals surface area contributed by atoms with E-state index >= 15 is 0 Å². The van der Waals surface area contributed by atoms with Crippen LogP contribution in [0.4, 0.5) is 0 Å². The molecule has 1 aromatic carbocycles. The minimum absolute atomic E-state index is 0.262. The van der Waals surface area contributed by atoms with Crippen molar-refractivity contribution in [1.29, 1.82) is 0 Å². The number of halogens is 1. The second kappa shape index (κ2) is 8.35. The summed E-state index contributed by atoms with van der Waals surface area (Å²) in [6.07, 6.45) is 4.88. The molecule has 1 aromatic heterocycles. The quantitative estimate of drug-likeness (QED) is 0.741. The minimum atomic E-state index is -3.40. The zero-order valence-corrected chi connectivity index (χ0v) is 16.4. The van der Waals surface area contributed by atoms with Crippen molar-refractivity contribution in [2.24, 2.45) is 0 Å². The first-order valence-corrected chi connectivity index (χ1v) is 10.9. The first-order chi connectivity index (χ1) is 12.5. The molecule has 0 aliphatic carbocycles. The third kappa shape index (κ3) is 4.54. The molecule has 26 heavy (non-hydrogen) atoms. The monoisotopic (exact) mass is 410 g/mol. The zero-order chi connectivity index (χ0) is 18.6. The van der Waals surface area contributed by atoms with E-state index in [1.807, 2.05) is 18.2 Å². The van der Waals surface area contributed by atoms with Gasteiger partial charge in [-0.1, -0.05) is 29.8 Å². The molecule has 1 saturated heterocycles. The lowest BCUT2D eigenvalue weighted by Gasteiger charge is -2.13. The molecule has 138 valence electrons. The smallest absolute Gasteiger partial charge is 0.252 e. The fraction of sp³-hybridized carbons (Fsp3) is 0.278. The summed E-state index contributed by atoms with van der Waals surface area (Å²) in [6.45, 7) is 1.45. The fourth-order valence-corrected chi connectivity index (χ4v) is 5.82. The van der Waals surface area contributed by atoms with Crippen LogP contribution in [0.15, 0.2) is 46.7 Å². The van der Waals surface area contributed by atoms with Gasteiger partial charge in [0.1, 0.15) is 4.21 Å². The lowest BCUT2D eigenvalue weighted by molar-refractivity contribution is -0.116. The van der Waals surface area contributed by atoms with Gasteiger partial charge in [-0.3, -0.25) is 4.79 Å². The Balaban J connectivity index is 1.58. The van der Waals surface area contributed by atoms with Crippen LogP contribution in [0.25, 0.3) is 6.08 Å². The molecule has 1 fully saturated rings. The average Bonchev–Trinajstić information content (AvgIpc) is 3.31. The lowest BCUT2D eigenvalue weighted by Crippen LogP contribution is -2.27. The summed E-state index contributed by atoms with van der Waals surface area (Å²) in [4.78, 5) is 12.7. The predicted octanol–water partition coefficient (Wildman–Crippen LogP) is 3.52. The van der Waals surface area contributed by atoms with Gasteiger partial charge in [-0.05, 0) is 42.7 Å². The molecule has 1 aliphatic heterocycles. The van der Waals surface area contributed by atoms with Crippen LogP contribution in [0, 0.1) is 0 Å². The van der Waals surface area contributed by atoms with E-state index < -0.39 is 10.0 Å². The van der Waals surface area contributed by atoms with Crippen LogP contribution in [0.3, 0.4) is 0 Å². The van der Waals surface area contributed by atoms with Crippen LogP contribution in [0.1, 0.15) is 23.3 Å². The number of carbonyl (C=O) groups excluding carboxylic acids is 1. The largest absolute Gasteiger partial charge is 0.348 e. The van der Waals surface area contributed by atoms with E-state index in [4.69, 9.17) is 11.6 Å². The first-order valence-electron chi connectivity index (χ1n) is 8.26. The molecular formula is C18H19ClN2O3S2. The number of hydrogen-bond acceptors (Lipinski definition) is 4. The Labute approximate surface area is 162 Å². The molecule has 1 N–H and O–H groups in total. The van der Waals surface area contributed by atoms with Gasteiger partial charge in [-0.15, -0.1) is 11.3 Å². The van der Waals surface area contributed by atoms with E-state index in [0.29, 0.717) is 22.3 Å². The second-order valence-corrected chi connectivity index (χ2v) is 9.64. The third-order valence-electron chi connectivity index (χ3n) is 4.05. The summed E-state index contributed by atoms with van der Waals surface area (Å²) >= 11 is 7.23. The van der Waals surface area contributed by atoms with E-state index in [9.17, 15) is 13.2 Å². The Hall–Kier alpha value is -1.67. The highest BCUT2D eigenvalue weighted by atomic mass is 35.5. The fourth-order valence-electron chi connectivity index (χ4n) is 2.66. The van der Waals surface area contributed by atoms with Crippen LogP contribution in [0.2, 0.25) is 5.02 Å². The Morgan fingerprint density at radius 2 is 1.92 bits per heavy atom. The number of nitrogens with zero attached hydrogens (tertiary/aromatic N) is 1. The van der Waals surface area contributed by atoms with Crippen LogP contribution < -0.4 is 5.32 Å². The SMILES string of the molecule is O=C(C=Cc1ccccc1Cl)NCc1ccc(S(=O)(=O)N2CCCC2)s1. The Morgan fingerprint density at radius 1 is 1.19 bits per heavy atom. The number of hydrogen-bond donors (Lipinski definition) is 1. The van der Waals surface area contributed by atoms with Gasteiger partial charge < -0.3 is 5.32 Å². The maximum absolute atomic E-state index is 12.5. The van der Waals surface area contributed by atoms with Crippen molar-refractivity contribution < 1.29 is 13.2 Å². The van der Waals surface area contributed by atoms with Crippen molar-refractivity contribution in [3.05, 3.63) is 57.9 Å². The highest BCUT2D eigenvalue weighted by Gasteiger charge is 2.28. The molecule has 0 bridgehead atoms. The summed E-state index contributed by atoms with van der Waals surface area (Å²) in [6, 6.07) is 10.6. The summed E-state index contributed by atoms with van der Waals surface area (Å²) in [5.41, 5.74) is 0.763. The van der Waals surface area contributed by atoms with Crippen LogP contribution in [0.5, 0.6) is 0 Å². The van der Waals surface area contributed by atoms with Crippen molar-refractivity contribution in [2.45, 2.75) is 23.6 Å². The van der Waals surface area contributed by atoms with Gasteiger partial charge >= 0.3 is 0 Å². The number of amides is 1. The molecule has 1 amide bonds. The van der Waals surface area contributed by atoms with Crippen molar-refractivity contribution in [3.8, 4) is 0 Å². The molecule has 3 rings (SSSR count). The maximum Gasteiger partial charge on any atom is 0.252 e. The number of rotatable bonds is 6. The molecule has 1 aliphatic rings. The number of sulfonamides is 1. The molecule has 2 aromatic rings. The van der Waals surface area contributed by atoms with E-state index in [1.54, 1.807) is 24.3 Å². The molecule has 0 atom stereocenters. The second-order valence-electron chi connectivity index (χ2n) is 5.90. The van der Waals surface area contributed by atoms with Crippen molar-refractivity contribution in [2.75, 3.05) is 13.1 Å². The van der Waals surface area contributed by atoms with Crippen molar-refractivity contribution in [3.63, 3.8) is 0 Å². The lowest BCUT2D eigenvalue weighted by atomic mass is 10.2. The van der Waals surface area contributed by atoms with Crippen LogP contribution in [-0.2, 0) is 21.4 Å². The first kappa shape index (κ1) is 19.1.